The lowest BCUT2D eigenvalue weighted by atomic mass is 9.78. The molecule has 0 saturated carbocycles. The van der Waals surface area contributed by atoms with Crippen molar-refractivity contribution in [1.29, 1.82) is 0 Å². The average molecular weight is 641 g/mol. The fourth-order valence-corrected chi connectivity index (χ4v) is 4.73. The summed E-state index contributed by atoms with van der Waals surface area (Å²) in [5, 5.41) is 14.0. The molecular formula is C31H30F6N2O6. The number of aryl methyl sites for hydroxylation is 1. The van der Waals surface area contributed by atoms with Gasteiger partial charge in [0.2, 0.25) is 5.91 Å². The van der Waals surface area contributed by atoms with E-state index in [1.165, 1.54) is 37.3 Å². The van der Waals surface area contributed by atoms with E-state index in [1.54, 1.807) is 12.1 Å². The van der Waals surface area contributed by atoms with Crippen molar-refractivity contribution < 1.29 is 55.3 Å². The molecule has 0 aliphatic carbocycles. The molecule has 0 radical (unpaired) electrons. The number of amides is 2. The standard InChI is InChI=1S/C31H30F6N2O6/c1-3-4-24(19-5-7-21(8-6-19)28(42)38-16-15-26(40)41)27(20-9-11-22(12-10-20)44-30(32,33)34)29(43)39-25-14-13-23(17-18(25)2)45-31(35,36)37/h5-14,17,24,27H,3-4,15-16H2,1-2H3,(H,38,42)(H,39,43)(H,40,41). The lowest BCUT2D eigenvalue weighted by molar-refractivity contribution is -0.275. The molecule has 0 heterocycles. The monoisotopic (exact) mass is 640 g/mol. The van der Waals surface area contributed by atoms with Crippen LogP contribution in [0.4, 0.5) is 32.0 Å². The number of hydrogen-bond acceptors (Lipinski definition) is 5. The molecule has 8 nitrogen and oxygen atoms in total. The molecule has 45 heavy (non-hydrogen) atoms. The van der Waals surface area contributed by atoms with Gasteiger partial charge in [-0.25, -0.2) is 0 Å². The summed E-state index contributed by atoms with van der Waals surface area (Å²) in [5.41, 5.74) is 1.67. The summed E-state index contributed by atoms with van der Waals surface area (Å²) >= 11 is 0. The van der Waals surface area contributed by atoms with Crippen LogP contribution in [0.5, 0.6) is 11.5 Å². The number of rotatable bonds is 13. The quantitative estimate of drug-likeness (QED) is 0.169. The number of ether oxygens (including phenoxy) is 2. The van der Waals surface area contributed by atoms with E-state index in [-0.39, 0.29) is 29.8 Å². The van der Waals surface area contributed by atoms with E-state index in [9.17, 15) is 40.7 Å². The first-order valence-electron chi connectivity index (χ1n) is 13.7. The van der Waals surface area contributed by atoms with Crippen LogP contribution < -0.4 is 20.1 Å². The second-order valence-electron chi connectivity index (χ2n) is 10.0. The van der Waals surface area contributed by atoms with Gasteiger partial charge in [0.1, 0.15) is 11.5 Å². The second-order valence-corrected chi connectivity index (χ2v) is 10.0. The van der Waals surface area contributed by atoms with Gasteiger partial charge in [-0.1, -0.05) is 37.6 Å². The number of halogens is 6. The van der Waals surface area contributed by atoms with Crippen LogP contribution in [0.1, 0.15) is 65.1 Å². The maximum Gasteiger partial charge on any atom is 0.573 e. The van der Waals surface area contributed by atoms with Crippen molar-refractivity contribution in [2.45, 2.75) is 57.7 Å². The molecule has 0 saturated heterocycles. The molecule has 242 valence electrons. The van der Waals surface area contributed by atoms with Crippen molar-refractivity contribution in [2.75, 3.05) is 11.9 Å². The first kappa shape index (κ1) is 34.7. The number of hydrogen-bond donors (Lipinski definition) is 3. The summed E-state index contributed by atoms with van der Waals surface area (Å²) in [6.07, 6.45) is -9.08. The van der Waals surface area contributed by atoms with Gasteiger partial charge in [-0.05, 0) is 78.4 Å². The number of carbonyl (C=O) groups excluding carboxylic acids is 2. The van der Waals surface area contributed by atoms with Gasteiger partial charge in [0.25, 0.3) is 5.91 Å². The number of anilines is 1. The van der Waals surface area contributed by atoms with Gasteiger partial charge in [-0.3, -0.25) is 14.4 Å². The fourth-order valence-electron chi connectivity index (χ4n) is 4.73. The SMILES string of the molecule is CCCC(c1ccc(C(=O)NCCC(=O)O)cc1)C(C(=O)Nc1ccc(OC(F)(F)F)cc1C)c1ccc(OC(F)(F)F)cc1. The third-order valence-corrected chi connectivity index (χ3v) is 6.67. The van der Waals surface area contributed by atoms with Crippen LogP contribution in [-0.4, -0.2) is 42.2 Å². The molecule has 0 fully saturated rings. The van der Waals surface area contributed by atoms with Crippen molar-refractivity contribution in [1.82, 2.24) is 5.32 Å². The molecule has 2 amide bonds. The van der Waals surface area contributed by atoms with Crippen molar-refractivity contribution in [3.63, 3.8) is 0 Å². The summed E-state index contributed by atoms with van der Waals surface area (Å²) in [5.74, 6) is -4.68. The summed E-state index contributed by atoms with van der Waals surface area (Å²) in [7, 11) is 0. The highest BCUT2D eigenvalue weighted by Gasteiger charge is 2.34. The van der Waals surface area contributed by atoms with E-state index in [0.717, 1.165) is 24.3 Å². The lowest BCUT2D eigenvalue weighted by Gasteiger charge is -2.28. The Hall–Kier alpha value is -4.75. The van der Waals surface area contributed by atoms with Gasteiger partial charge in [0.15, 0.2) is 0 Å². The van der Waals surface area contributed by atoms with Gasteiger partial charge in [0.05, 0.1) is 12.3 Å². The molecule has 0 aliphatic heterocycles. The minimum Gasteiger partial charge on any atom is -0.481 e. The van der Waals surface area contributed by atoms with Crippen LogP contribution in [0.3, 0.4) is 0 Å². The Morgan fingerprint density at radius 2 is 1.38 bits per heavy atom. The highest BCUT2D eigenvalue weighted by molar-refractivity contribution is 5.97. The van der Waals surface area contributed by atoms with Gasteiger partial charge in [-0.2, -0.15) is 0 Å². The lowest BCUT2D eigenvalue weighted by Crippen LogP contribution is -2.28. The molecule has 2 atom stereocenters. The zero-order valence-electron chi connectivity index (χ0n) is 24.1. The summed E-state index contributed by atoms with van der Waals surface area (Å²) in [6.45, 7) is 3.27. The van der Waals surface area contributed by atoms with Crippen molar-refractivity contribution in [3.05, 3.63) is 89.0 Å². The highest BCUT2D eigenvalue weighted by atomic mass is 19.4. The van der Waals surface area contributed by atoms with E-state index >= 15 is 0 Å². The third kappa shape index (κ3) is 10.7. The maximum atomic E-state index is 13.9. The van der Waals surface area contributed by atoms with Crippen LogP contribution >= 0.6 is 0 Å². The number of carboxylic acid groups (broad SMARTS) is 1. The average Bonchev–Trinajstić information content (AvgIpc) is 2.93. The van der Waals surface area contributed by atoms with Crippen LogP contribution in [0.25, 0.3) is 0 Å². The van der Waals surface area contributed by atoms with E-state index in [0.29, 0.717) is 24.0 Å². The summed E-state index contributed by atoms with van der Waals surface area (Å²) in [4.78, 5) is 37.0. The molecule has 3 aromatic carbocycles. The molecule has 0 aliphatic rings. The number of alkyl halides is 6. The van der Waals surface area contributed by atoms with E-state index in [4.69, 9.17) is 5.11 Å². The predicted molar refractivity (Wildman–Crippen MR) is 151 cm³/mol. The number of carboxylic acids is 1. The molecule has 0 spiro atoms. The zero-order chi connectivity index (χ0) is 33.4. The maximum absolute atomic E-state index is 13.9. The van der Waals surface area contributed by atoms with Crippen LogP contribution in [-0.2, 0) is 9.59 Å². The molecule has 14 heteroatoms. The van der Waals surface area contributed by atoms with Crippen molar-refractivity contribution >= 4 is 23.5 Å². The normalized spacial score (nSPS) is 13.0. The number of carbonyl (C=O) groups is 3. The molecule has 3 N–H and O–H groups in total. The highest BCUT2D eigenvalue weighted by Crippen LogP contribution is 2.39. The topological polar surface area (TPSA) is 114 Å². The van der Waals surface area contributed by atoms with Gasteiger partial charge < -0.3 is 25.2 Å². The molecule has 2 unspecified atom stereocenters. The summed E-state index contributed by atoms with van der Waals surface area (Å²) < 4.78 is 84.2. The Morgan fingerprint density at radius 3 is 1.91 bits per heavy atom. The zero-order valence-corrected chi connectivity index (χ0v) is 24.1. The van der Waals surface area contributed by atoms with Gasteiger partial charge >= 0.3 is 18.7 Å². The van der Waals surface area contributed by atoms with Crippen molar-refractivity contribution in [3.8, 4) is 11.5 Å². The third-order valence-electron chi connectivity index (χ3n) is 6.67. The molecule has 0 bridgehead atoms. The summed E-state index contributed by atoms with van der Waals surface area (Å²) in [6, 6.07) is 14.5. The first-order valence-corrected chi connectivity index (χ1v) is 13.7. The largest absolute Gasteiger partial charge is 0.573 e. The Kier molecular flexibility index (Phi) is 11.4. The van der Waals surface area contributed by atoms with Crippen LogP contribution in [0.15, 0.2) is 66.7 Å². The first-order chi connectivity index (χ1) is 21.1. The Labute approximate surface area is 254 Å². The van der Waals surface area contributed by atoms with Gasteiger partial charge in [-0.15, -0.1) is 26.3 Å². The minimum atomic E-state index is -4.93. The van der Waals surface area contributed by atoms with E-state index < -0.39 is 53.8 Å². The Balaban J connectivity index is 1.97. The number of nitrogens with one attached hydrogen (secondary N) is 2. The predicted octanol–water partition coefficient (Wildman–Crippen LogP) is 7.30. The Bertz CT molecular complexity index is 1470. The molecule has 3 aromatic rings. The fraction of sp³-hybridized carbons (Fsp3) is 0.323. The van der Waals surface area contributed by atoms with Crippen LogP contribution in [0.2, 0.25) is 0 Å². The molecule has 3 rings (SSSR count). The molecule has 0 aromatic heterocycles. The smallest absolute Gasteiger partial charge is 0.481 e. The Morgan fingerprint density at radius 1 is 0.822 bits per heavy atom. The van der Waals surface area contributed by atoms with E-state index in [1.807, 2.05) is 6.92 Å². The number of aliphatic carboxylic acids is 1. The minimum absolute atomic E-state index is 0.0760. The van der Waals surface area contributed by atoms with Crippen LogP contribution in [0, 0.1) is 6.92 Å². The van der Waals surface area contributed by atoms with E-state index in [2.05, 4.69) is 20.1 Å². The molecular weight excluding hydrogens is 610 g/mol. The second kappa shape index (κ2) is 14.8. The van der Waals surface area contributed by atoms with Crippen molar-refractivity contribution in [2.24, 2.45) is 0 Å². The van der Waals surface area contributed by atoms with Gasteiger partial charge in [0, 0.05) is 17.8 Å². The number of benzene rings is 3.